The van der Waals surface area contributed by atoms with Crippen LogP contribution >= 0.6 is 0 Å². The molecule has 0 aromatic carbocycles. The van der Waals surface area contributed by atoms with Crippen molar-refractivity contribution in [1.29, 1.82) is 0 Å². The van der Waals surface area contributed by atoms with Gasteiger partial charge in [-0.25, -0.2) is 0 Å². The van der Waals surface area contributed by atoms with Crippen molar-refractivity contribution in [3.8, 4) is 0 Å². The van der Waals surface area contributed by atoms with Gasteiger partial charge >= 0.3 is 5.97 Å². The maximum absolute atomic E-state index is 11.8. The zero-order valence-corrected chi connectivity index (χ0v) is 9.43. The minimum atomic E-state index is -0.227. The van der Waals surface area contributed by atoms with E-state index in [2.05, 4.69) is 19.9 Å². The molecule has 2 heteroatoms. The van der Waals surface area contributed by atoms with Crippen LogP contribution in [0.5, 0.6) is 0 Å². The summed E-state index contributed by atoms with van der Waals surface area (Å²) in [5.41, 5.74) is 1.10. The molecule has 0 aromatic rings. The van der Waals surface area contributed by atoms with Crippen LogP contribution in [0.1, 0.15) is 46.5 Å². The molecule has 0 aliphatic heterocycles. The molecule has 0 fully saturated rings. The molecule has 0 radical (unpaired) electrons. The molecule has 1 atom stereocenters. The number of carbonyl (C=O) groups excluding carboxylic acids is 1. The third kappa shape index (κ3) is 2.17. The van der Waals surface area contributed by atoms with Gasteiger partial charge in [-0.2, -0.15) is 0 Å². The first-order valence-electron chi connectivity index (χ1n) is 5.47. The van der Waals surface area contributed by atoms with Crippen molar-refractivity contribution >= 4 is 5.97 Å². The van der Waals surface area contributed by atoms with Gasteiger partial charge in [0.25, 0.3) is 0 Å². The highest BCUT2D eigenvalue weighted by molar-refractivity contribution is 5.77. The Morgan fingerprint density at radius 1 is 1.57 bits per heavy atom. The molecule has 0 saturated carbocycles. The van der Waals surface area contributed by atoms with Gasteiger partial charge in [0.1, 0.15) is 0 Å². The van der Waals surface area contributed by atoms with Crippen molar-refractivity contribution in [1.82, 2.24) is 0 Å². The number of hydrogen-bond donors (Lipinski definition) is 0. The Morgan fingerprint density at radius 3 is 2.79 bits per heavy atom. The van der Waals surface area contributed by atoms with Crippen LogP contribution in [0.25, 0.3) is 0 Å². The van der Waals surface area contributed by atoms with E-state index in [0.717, 1.165) is 25.7 Å². The van der Waals surface area contributed by atoms with E-state index < -0.39 is 0 Å². The average molecular weight is 196 g/mol. The number of carbonyl (C=O) groups is 1. The van der Waals surface area contributed by atoms with Crippen LogP contribution < -0.4 is 0 Å². The van der Waals surface area contributed by atoms with Crippen molar-refractivity contribution in [2.24, 2.45) is 5.41 Å². The Balaban J connectivity index is 2.76. The van der Waals surface area contributed by atoms with Crippen molar-refractivity contribution in [3.63, 3.8) is 0 Å². The molecule has 1 aliphatic carbocycles. The number of ether oxygens (including phenoxy) is 1. The fourth-order valence-corrected chi connectivity index (χ4v) is 2.19. The lowest BCUT2D eigenvalue weighted by Crippen LogP contribution is -2.34. The molecule has 80 valence electrons. The van der Waals surface area contributed by atoms with E-state index in [1.54, 1.807) is 0 Å². The molecule has 0 amide bonds. The zero-order chi connectivity index (χ0) is 10.6. The molecular weight excluding hydrogens is 176 g/mol. The largest absolute Gasteiger partial charge is 0.466 e. The van der Waals surface area contributed by atoms with E-state index in [1.165, 1.54) is 5.57 Å². The molecule has 2 nitrogen and oxygen atoms in total. The lowest BCUT2D eigenvalue weighted by atomic mass is 9.72. The summed E-state index contributed by atoms with van der Waals surface area (Å²) in [5, 5.41) is 0. The zero-order valence-electron chi connectivity index (χ0n) is 9.43. The lowest BCUT2D eigenvalue weighted by Gasteiger charge is -2.33. The number of rotatable bonds is 3. The summed E-state index contributed by atoms with van der Waals surface area (Å²) in [5.74, 6) is -0.00468. The van der Waals surface area contributed by atoms with Gasteiger partial charge in [0.05, 0.1) is 12.0 Å². The summed E-state index contributed by atoms with van der Waals surface area (Å²) in [6.07, 6.45) is 5.95. The van der Waals surface area contributed by atoms with Gasteiger partial charge in [0.15, 0.2) is 0 Å². The van der Waals surface area contributed by atoms with Crippen molar-refractivity contribution in [2.45, 2.75) is 46.5 Å². The first-order chi connectivity index (χ1) is 6.64. The number of allylic oxidation sites excluding steroid dienone is 2. The topological polar surface area (TPSA) is 26.3 Å². The van der Waals surface area contributed by atoms with Gasteiger partial charge in [-0.3, -0.25) is 4.79 Å². The third-order valence-corrected chi connectivity index (χ3v) is 3.12. The Bertz CT molecular complexity index is 243. The van der Waals surface area contributed by atoms with Crippen LogP contribution in [0.2, 0.25) is 0 Å². The first kappa shape index (κ1) is 11.3. The minimum Gasteiger partial charge on any atom is -0.466 e. The van der Waals surface area contributed by atoms with Crippen LogP contribution in [0.15, 0.2) is 11.6 Å². The summed E-state index contributed by atoms with van der Waals surface area (Å²) in [7, 11) is 0. The van der Waals surface area contributed by atoms with E-state index in [9.17, 15) is 4.79 Å². The van der Waals surface area contributed by atoms with Gasteiger partial charge < -0.3 is 4.74 Å². The molecule has 1 unspecified atom stereocenters. The molecule has 14 heavy (non-hydrogen) atoms. The standard InChI is InChI=1S/C12H20O2/c1-4-12(11(13)14-5-2)8-6-7-10(3)9-12/h7H,4-6,8-9H2,1-3H3. The summed E-state index contributed by atoms with van der Waals surface area (Å²) >= 11 is 0. The van der Waals surface area contributed by atoms with Gasteiger partial charge in [-0.15, -0.1) is 0 Å². The van der Waals surface area contributed by atoms with Crippen LogP contribution in [-0.2, 0) is 9.53 Å². The van der Waals surface area contributed by atoms with E-state index in [0.29, 0.717) is 6.61 Å². The lowest BCUT2D eigenvalue weighted by molar-refractivity contribution is -0.156. The normalized spacial score (nSPS) is 26.9. The van der Waals surface area contributed by atoms with Crippen LogP contribution in [-0.4, -0.2) is 12.6 Å². The van der Waals surface area contributed by atoms with E-state index in [1.807, 2.05) is 6.92 Å². The molecule has 0 heterocycles. The SMILES string of the molecule is CCOC(=O)C1(CC)CCC=C(C)C1. The molecular formula is C12H20O2. The highest BCUT2D eigenvalue weighted by atomic mass is 16.5. The Kier molecular flexibility index (Phi) is 3.73. The monoisotopic (exact) mass is 196 g/mol. The number of hydrogen-bond acceptors (Lipinski definition) is 2. The smallest absolute Gasteiger partial charge is 0.312 e. The maximum Gasteiger partial charge on any atom is 0.312 e. The fourth-order valence-electron chi connectivity index (χ4n) is 2.19. The molecule has 0 aromatic heterocycles. The summed E-state index contributed by atoms with van der Waals surface area (Å²) in [6, 6.07) is 0. The van der Waals surface area contributed by atoms with Gasteiger partial charge in [0.2, 0.25) is 0 Å². The second kappa shape index (κ2) is 4.63. The molecule has 0 N–H and O–H groups in total. The molecule has 0 spiro atoms. The van der Waals surface area contributed by atoms with Gasteiger partial charge in [-0.05, 0) is 39.5 Å². The van der Waals surface area contributed by atoms with Crippen LogP contribution in [0, 0.1) is 5.41 Å². The Hall–Kier alpha value is -0.790. The van der Waals surface area contributed by atoms with Crippen LogP contribution in [0.4, 0.5) is 0 Å². The highest BCUT2D eigenvalue weighted by Crippen LogP contribution is 2.40. The predicted molar refractivity (Wildman–Crippen MR) is 57.0 cm³/mol. The number of esters is 1. The average Bonchev–Trinajstić information content (AvgIpc) is 2.18. The van der Waals surface area contributed by atoms with Crippen molar-refractivity contribution < 1.29 is 9.53 Å². The highest BCUT2D eigenvalue weighted by Gasteiger charge is 2.39. The second-order valence-electron chi connectivity index (χ2n) is 4.12. The molecule has 1 rings (SSSR count). The van der Waals surface area contributed by atoms with E-state index in [4.69, 9.17) is 4.74 Å². The van der Waals surface area contributed by atoms with Crippen molar-refractivity contribution in [3.05, 3.63) is 11.6 Å². The van der Waals surface area contributed by atoms with Crippen LogP contribution in [0.3, 0.4) is 0 Å². The second-order valence-corrected chi connectivity index (χ2v) is 4.12. The fraction of sp³-hybridized carbons (Fsp3) is 0.750. The summed E-state index contributed by atoms with van der Waals surface area (Å²) < 4.78 is 5.16. The first-order valence-corrected chi connectivity index (χ1v) is 5.47. The minimum absolute atomic E-state index is 0.00468. The third-order valence-electron chi connectivity index (χ3n) is 3.12. The molecule has 0 saturated heterocycles. The van der Waals surface area contributed by atoms with Gasteiger partial charge in [0, 0.05) is 0 Å². The van der Waals surface area contributed by atoms with Gasteiger partial charge in [-0.1, -0.05) is 18.6 Å². The van der Waals surface area contributed by atoms with Crippen molar-refractivity contribution in [2.75, 3.05) is 6.61 Å². The molecule has 0 bridgehead atoms. The summed E-state index contributed by atoms with van der Waals surface area (Å²) in [4.78, 5) is 11.8. The Labute approximate surface area is 86.3 Å². The quantitative estimate of drug-likeness (QED) is 0.512. The predicted octanol–water partition coefficient (Wildman–Crippen LogP) is 3.08. The Morgan fingerprint density at radius 2 is 2.29 bits per heavy atom. The van der Waals surface area contributed by atoms with E-state index in [-0.39, 0.29) is 11.4 Å². The van der Waals surface area contributed by atoms with E-state index >= 15 is 0 Å². The molecule has 1 aliphatic rings. The maximum atomic E-state index is 11.8. The summed E-state index contributed by atoms with van der Waals surface area (Å²) in [6.45, 7) is 6.54.